The van der Waals surface area contributed by atoms with Crippen LogP contribution >= 0.6 is 0 Å². The molecule has 0 aliphatic carbocycles. The SMILES string of the molecule is CC(C)COCc1cc[c]cc1. The number of hydrogen-bond donors (Lipinski definition) is 0. The van der Waals surface area contributed by atoms with Crippen LogP contribution in [0.15, 0.2) is 24.3 Å². The highest BCUT2D eigenvalue weighted by Gasteiger charge is 1.94. The Bertz CT molecular complexity index is 204. The van der Waals surface area contributed by atoms with Gasteiger partial charge in [-0.3, -0.25) is 0 Å². The molecule has 0 unspecified atom stereocenters. The van der Waals surface area contributed by atoms with Crippen LogP contribution in [0.1, 0.15) is 19.4 Å². The molecule has 0 bridgehead atoms. The minimum absolute atomic E-state index is 0.611. The second kappa shape index (κ2) is 4.94. The Morgan fingerprint density at radius 2 is 2.00 bits per heavy atom. The van der Waals surface area contributed by atoms with E-state index in [4.69, 9.17) is 4.74 Å². The molecule has 0 heterocycles. The highest BCUT2D eigenvalue weighted by atomic mass is 16.5. The summed E-state index contributed by atoms with van der Waals surface area (Å²) in [6.45, 7) is 5.85. The minimum Gasteiger partial charge on any atom is -0.377 e. The molecule has 1 heteroatoms. The largest absolute Gasteiger partial charge is 0.377 e. The fourth-order valence-electron chi connectivity index (χ4n) is 0.930. The first kappa shape index (κ1) is 9.27. The zero-order valence-electron chi connectivity index (χ0n) is 7.71. The first-order chi connectivity index (χ1) is 5.79. The van der Waals surface area contributed by atoms with Crippen LogP contribution in [-0.2, 0) is 11.3 Å². The number of ether oxygens (including phenoxy) is 1. The highest BCUT2D eigenvalue weighted by molar-refractivity contribution is 5.12. The van der Waals surface area contributed by atoms with Gasteiger partial charge in [0.25, 0.3) is 0 Å². The first-order valence-corrected chi connectivity index (χ1v) is 4.32. The van der Waals surface area contributed by atoms with Crippen LogP contribution in [-0.4, -0.2) is 6.61 Å². The third kappa shape index (κ3) is 3.54. The molecule has 1 nitrogen and oxygen atoms in total. The molecule has 1 aromatic carbocycles. The summed E-state index contributed by atoms with van der Waals surface area (Å²) in [6, 6.07) is 10.9. The molecule has 0 N–H and O–H groups in total. The Hall–Kier alpha value is -0.820. The molecule has 0 aromatic heterocycles. The maximum absolute atomic E-state index is 5.47. The van der Waals surface area contributed by atoms with Gasteiger partial charge >= 0.3 is 0 Å². The van der Waals surface area contributed by atoms with Crippen molar-refractivity contribution in [2.45, 2.75) is 20.5 Å². The summed E-state index contributed by atoms with van der Waals surface area (Å²) in [5.41, 5.74) is 1.22. The van der Waals surface area contributed by atoms with E-state index in [2.05, 4.69) is 19.9 Å². The topological polar surface area (TPSA) is 9.23 Å². The van der Waals surface area contributed by atoms with Crippen LogP contribution in [0.5, 0.6) is 0 Å². The monoisotopic (exact) mass is 163 g/mol. The third-order valence-corrected chi connectivity index (χ3v) is 1.51. The highest BCUT2D eigenvalue weighted by Crippen LogP contribution is 2.01. The molecule has 0 aliphatic rings. The quantitative estimate of drug-likeness (QED) is 0.663. The lowest BCUT2D eigenvalue weighted by atomic mass is 10.2. The van der Waals surface area contributed by atoms with Crippen LogP contribution in [0.3, 0.4) is 0 Å². The van der Waals surface area contributed by atoms with E-state index < -0.39 is 0 Å². The second-order valence-electron chi connectivity index (χ2n) is 3.32. The van der Waals surface area contributed by atoms with E-state index in [9.17, 15) is 0 Å². The van der Waals surface area contributed by atoms with E-state index in [0.29, 0.717) is 12.5 Å². The molecule has 0 fully saturated rings. The number of hydrogen-bond acceptors (Lipinski definition) is 1. The Labute approximate surface area is 74.4 Å². The summed E-state index contributed by atoms with van der Waals surface area (Å²) in [6.07, 6.45) is 0. The van der Waals surface area contributed by atoms with E-state index >= 15 is 0 Å². The molecule has 1 rings (SSSR count). The van der Waals surface area contributed by atoms with Crippen LogP contribution in [0, 0.1) is 12.0 Å². The van der Waals surface area contributed by atoms with Gasteiger partial charge < -0.3 is 4.74 Å². The van der Waals surface area contributed by atoms with Crippen molar-refractivity contribution >= 4 is 0 Å². The zero-order valence-corrected chi connectivity index (χ0v) is 7.71. The summed E-state index contributed by atoms with van der Waals surface area (Å²) in [5, 5.41) is 0. The predicted molar refractivity (Wildman–Crippen MR) is 49.8 cm³/mol. The molecule has 0 saturated heterocycles. The lowest BCUT2D eigenvalue weighted by Crippen LogP contribution is -2.01. The van der Waals surface area contributed by atoms with Crippen molar-refractivity contribution in [2.75, 3.05) is 6.61 Å². The van der Waals surface area contributed by atoms with E-state index in [1.165, 1.54) is 5.56 Å². The fraction of sp³-hybridized carbons (Fsp3) is 0.455. The minimum atomic E-state index is 0.611. The Kier molecular flexibility index (Phi) is 3.81. The van der Waals surface area contributed by atoms with Gasteiger partial charge in [-0.2, -0.15) is 0 Å². The van der Waals surface area contributed by atoms with E-state index in [0.717, 1.165) is 6.61 Å². The van der Waals surface area contributed by atoms with Crippen molar-refractivity contribution in [3.63, 3.8) is 0 Å². The molecule has 0 atom stereocenters. The first-order valence-electron chi connectivity index (χ1n) is 4.32. The van der Waals surface area contributed by atoms with Crippen molar-refractivity contribution < 1.29 is 4.74 Å². The molecule has 65 valence electrons. The average Bonchev–Trinajstić information content (AvgIpc) is 2.05. The summed E-state index contributed by atoms with van der Waals surface area (Å²) in [7, 11) is 0. The standard InChI is InChI=1S/C11H15O/c1-10(2)8-12-9-11-6-4-3-5-7-11/h4-7,10H,8-9H2,1-2H3. The zero-order chi connectivity index (χ0) is 8.81. The summed E-state index contributed by atoms with van der Waals surface area (Å²) in [5.74, 6) is 0.611. The van der Waals surface area contributed by atoms with Gasteiger partial charge in [0.15, 0.2) is 0 Å². The summed E-state index contributed by atoms with van der Waals surface area (Å²) in [4.78, 5) is 0. The molecular formula is C11H15O. The van der Waals surface area contributed by atoms with E-state index in [1.807, 2.05) is 24.3 Å². The second-order valence-corrected chi connectivity index (χ2v) is 3.32. The third-order valence-electron chi connectivity index (χ3n) is 1.51. The van der Waals surface area contributed by atoms with E-state index in [-0.39, 0.29) is 0 Å². The lowest BCUT2D eigenvalue weighted by molar-refractivity contribution is 0.0971. The number of benzene rings is 1. The Morgan fingerprint density at radius 1 is 1.33 bits per heavy atom. The molecule has 0 aliphatic heterocycles. The van der Waals surface area contributed by atoms with Gasteiger partial charge in [0.2, 0.25) is 0 Å². The predicted octanol–water partition coefficient (Wildman–Crippen LogP) is 2.66. The smallest absolute Gasteiger partial charge is 0.0717 e. The maximum Gasteiger partial charge on any atom is 0.0717 e. The molecule has 1 radical (unpaired) electrons. The van der Waals surface area contributed by atoms with Crippen molar-refractivity contribution in [3.8, 4) is 0 Å². The van der Waals surface area contributed by atoms with Gasteiger partial charge in [0.1, 0.15) is 0 Å². The summed E-state index contributed by atoms with van der Waals surface area (Å²) >= 11 is 0. The maximum atomic E-state index is 5.47. The lowest BCUT2D eigenvalue weighted by Gasteiger charge is -2.05. The van der Waals surface area contributed by atoms with Gasteiger partial charge in [-0.25, -0.2) is 0 Å². The van der Waals surface area contributed by atoms with Crippen LogP contribution < -0.4 is 0 Å². The van der Waals surface area contributed by atoms with Crippen molar-refractivity contribution in [1.29, 1.82) is 0 Å². The molecule has 0 spiro atoms. The van der Waals surface area contributed by atoms with Crippen LogP contribution in [0.2, 0.25) is 0 Å². The number of rotatable bonds is 4. The van der Waals surface area contributed by atoms with Crippen LogP contribution in [0.25, 0.3) is 0 Å². The Balaban J connectivity index is 2.25. The van der Waals surface area contributed by atoms with Crippen molar-refractivity contribution in [2.24, 2.45) is 5.92 Å². The molecular weight excluding hydrogens is 148 g/mol. The van der Waals surface area contributed by atoms with Gasteiger partial charge in [0, 0.05) is 6.61 Å². The van der Waals surface area contributed by atoms with Gasteiger partial charge in [0.05, 0.1) is 6.61 Å². The van der Waals surface area contributed by atoms with Crippen LogP contribution in [0.4, 0.5) is 0 Å². The fourth-order valence-corrected chi connectivity index (χ4v) is 0.930. The molecule has 12 heavy (non-hydrogen) atoms. The molecule has 1 aromatic rings. The Morgan fingerprint density at radius 3 is 2.58 bits per heavy atom. The van der Waals surface area contributed by atoms with Crippen molar-refractivity contribution in [1.82, 2.24) is 0 Å². The normalized spacial score (nSPS) is 10.6. The molecule has 0 amide bonds. The van der Waals surface area contributed by atoms with Gasteiger partial charge in [-0.15, -0.1) is 0 Å². The van der Waals surface area contributed by atoms with Gasteiger partial charge in [-0.1, -0.05) is 38.1 Å². The summed E-state index contributed by atoms with van der Waals surface area (Å²) < 4.78 is 5.47. The average molecular weight is 163 g/mol. The van der Waals surface area contributed by atoms with Crippen molar-refractivity contribution in [3.05, 3.63) is 35.9 Å². The molecule has 0 saturated carbocycles. The van der Waals surface area contributed by atoms with E-state index in [1.54, 1.807) is 0 Å². The van der Waals surface area contributed by atoms with Gasteiger partial charge in [-0.05, 0) is 17.5 Å².